The molecule has 4 rings (SSSR count). The number of carbonyl (C=O) groups is 1. The van der Waals surface area contributed by atoms with Gasteiger partial charge in [-0.05, 0) is 73.9 Å². The van der Waals surface area contributed by atoms with Gasteiger partial charge < -0.3 is 10.1 Å². The van der Waals surface area contributed by atoms with E-state index in [1.807, 2.05) is 43.3 Å². The molecule has 2 N–H and O–H groups in total. The average molecular weight is 484 g/mol. The standard InChI is InChI=1S/C29H33N5O2/c1-21-32-26-15-14-25(19-27(26)33-21)29(34(28(35)36)18-6-17-30)16-5-3-2-4-7-24(29)13-12-22-8-10-23(20-31)11-9-22/h8-11,14-15,19,24H,2-7,12-13,16,18H2,1H3,(H,32,33)(H,35,36). The first-order valence-corrected chi connectivity index (χ1v) is 12.8. The third-order valence-electron chi connectivity index (χ3n) is 7.66. The number of aryl methyl sites for hydroxylation is 2. The fourth-order valence-electron chi connectivity index (χ4n) is 5.98. The van der Waals surface area contributed by atoms with Crippen molar-refractivity contribution < 1.29 is 9.90 Å². The normalized spacial score (nSPS) is 20.1. The summed E-state index contributed by atoms with van der Waals surface area (Å²) in [6.07, 6.45) is 6.65. The Hall–Kier alpha value is -3.84. The van der Waals surface area contributed by atoms with Crippen LogP contribution in [-0.2, 0) is 12.0 Å². The first-order valence-electron chi connectivity index (χ1n) is 12.8. The number of benzene rings is 2. The molecule has 0 saturated heterocycles. The Morgan fingerprint density at radius 3 is 2.67 bits per heavy atom. The largest absolute Gasteiger partial charge is 0.465 e. The Kier molecular flexibility index (Phi) is 7.90. The number of aromatic nitrogens is 2. The third-order valence-corrected chi connectivity index (χ3v) is 7.66. The third kappa shape index (κ3) is 5.21. The first-order chi connectivity index (χ1) is 17.5. The van der Waals surface area contributed by atoms with Gasteiger partial charge in [-0.15, -0.1) is 0 Å². The molecule has 36 heavy (non-hydrogen) atoms. The van der Waals surface area contributed by atoms with Gasteiger partial charge in [0.05, 0.1) is 40.7 Å². The lowest BCUT2D eigenvalue weighted by Gasteiger charge is -2.49. The number of hydrogen-bond acceptors (Lipinski definition) is 4. The smallest absolute Gasteiger partial charge is 0.408 e. The molecule has 1 fully saturated rings. The molecule has 0 bridgehead atoms. The van der Waals surface area contributed by atoms with E-state index < -0.39 is 11.6 Å². The summed E-state index contributed by atoms with van der Waals surface area (Å²) in [5.41, 5.74) is 3.79. The molecule has 1 aliphatic rings. The number of fused-ring (bicyclic) bond motifs is 1. The second-order valence-electron chi connectivity index (χ2n) is 9.82. The summed E-state index contributed by atoms with van der Waals surface area (Å²) in [5.74, 6) is 0.913. The van der Waals surface area contributed by atoms with Gasteiger partial charge in [0, 0.05) is 6.54 Å². The molecule has 1 aliphatic carbocycles. The summed E-state index contributed by atoms with van der Waals surface area (Å²) in [4.78, 5) is 22.2. The molecule has 1 saturated carbocycles. The van der Waals surface area contributed by atoms with Crippen LogP contribution in [0.4, 0.5) is 4.79 Å². The number of H-pyrrole nitrogens is 1. The molecule has 1 amide bonds. The van der Waals surface area contributed by atoms with Crippen LogP contribution < -0.4 is 0 Å². The molecule has 7 heteroatoms. The maximum atomic E-state index is 12.8. The van der Waals surface area contributed by atoms with Gasteiger partial charge in [-0.25, -0.2) is 9.78 Å². The highest BCUT2D eigenvalue weighted by molar-refractivity contribution is 5.77. The van der Waals surface area contributed by atoms with Gasteiger partial charge in [0.2, 0.25) is 0 Å². The average Bonchev–Trinajstić information content (AvgIpc) is 3.24. The predicted molar refractivity (Wildman–Crippen MR) is 138 cm³/mol. The Morgan fingerprint density at radius 1 is 1.17 bits per heavy atom. The van der Waals surface area contributed by atoms with Crippen molar-refractivity contribution in [2.24, 2.45) is 5.92 Å². The summed E-state index contributed by atoms with van der Waals surface area (Å²) in [6.45, 7) is 2.10. The molecule has 3 aromatic rings. The van der Waals surface area contributed by atoms with Crippen LogP contribution in [-0.4, -0.2) is 32.6 Å². The molecule has 7 nitrogen and oxygen atoms in total. The van der Waals surface area contributed by atoms with E-state index in [4.69, 9.17) is 5.26 Å². The first kappa shape index (κ1) is 25.3. The highest BCUT2D eigenvalue weighted by atomic mass is 16.4. The predicted octanol–water partition coefficient (Wildman–Crippen LogP) is 6.44. The van der Waals surface area contributed by atoms with E-state index in [1.165, 1.54) is 0 Å². The minimum atomic E-state index is -0.977. The summed E-state index contributed by atoms with van der Waals surface area (Å²) in [6, 6.07) is 18.1. The number of amides is 1. The maximum absolute atomic E-state index is 12.8. The lowest BCUT2D eigenvalue weighted by Crippen LogP contribution is -2.54. The van der Waals surface area contributed by atoms with E-state index in [0.29, 0.717) is 5.56 Å². The van der Waals surface area contributed by atoms with Crippen LogP contribution in [0.3, 0.4) is 0 Å². The number of aromatic amines is 1. The molecule has 0 spiro atoms. The van der Waals surface area contributed by atoms with Crippen LogP contribution in [0.1, 0.15) is 73.9 Å². The molecule has 1 heterocycles. The fourth-order valence-corrected chi connectivity index (χ4v) is 5.98. The van der Waals surface area contributed by atoms with Crippen LogP contribution >= 0.6 is 0 Å². The van der Waals surface area contributed by atoms with Crippen molar-refractivity contribution in [1.29, 1.82) is 10.5 Å². The SMILES string of the molecule is Cc1nc2ccc(C3(N(CCC#N)C(=O)O)CCCCCCC3CCc3ccc(C#N)cc3)cc2[nH]1. The number of nitriles is 2. The lowest BCUT2D eigenvalue weighted by molar-refractivity contribution is 0.0127. The monoisotopic (exact) mass is 483 g/mol. The second kappa shape index (κ2) is 11.3. The van der Waals surface area contributed by atoms with E-state index in [9.17, 15) is 15.2 Å². The van der Waals surface area contributed by atoms with Gasteiger partial charge in [0.1, 0.15) is 5.82 Å². The minimum absolute atomic E-state index is 0.0877. The van der Waals surface area contributed by atoms with Crippen molar-refractivity contribution in [3.05, 3.63) is 65.0 Å². The van der Waals surface area contributed by atoms with Crippen molar-refractivity contribution >= 4 is 17.1 Å². The number of nitrogens with zero attached hydrogens (tertiary/aromatic N) is 4. The van der Waals surface area contributed by atoms with Crippen LogP contribution in [0, 0.1) is 35.5 Å². The molecule has 0 aliphatic heterocycles. The fraction of sp³-hybridized carbons (Fsp3) is 0.448. The molecular weight excluding hydrogens is 450 g/mol. The number of rotatable bonds is 7. The van der Waals surface area contributed by atoms with Crippen molar-refractivity contribution in [3.63, 3.8) is 0 Å². The molecule has 2 unspecified atom stereocenters. The number of imidazole rings is 1. The maximum Gasteiger partial charge on any atom is 0.408 e. The molecular formula is C29H33N5O2. The molecule has 2 atom stereocenters. The van der Waals surface area contributed by atoms with Gasteiger partial charge in [-0.1, -0.05) is 43.9 Å². The van der Waals surface area contributed by atoms with Gasteiger partial charge in [0.15, 0.2) is 0 Å². The Balaban J connectivity index is 1.81. The van der Waals surface area contributed by atoms with E-state index in [-0.39, 0.29) is 18.9 Å². The van der Waals surface area contributed by atoms with Crippen molar-refractivity contribution in [2.75, 3.05) is 6.54 Å². The van der Waals surface area contributed by atoms with E-state index >= 15 is 0 Å². The van der Waals surface area contributed by atoms with Crippen molar-refractivity contribution in [2.45, 2.75) is 70.3 Å². The van der Waals surface area contributed by atoms with Crippen LogP contribution in [0.2, 0.25) is 0 Å². The lowest BCUT2D eigenvalue weighted by atomic mass is 9.67. The minimum Gasteiger partial charge on any atom is -0.465 e. The van der Waals surface area contributed by atoms with Gasteiger partial charge in [-0.3, -0.25) is 4.90 Å². The van der Waals surface area contributed by atoms with Gasteiger partial charge in [-0.2, -0.15) is 10.5 Å². The summed E-state index contributed by atoms with van der Waals surface area (Å²) in [7, 11) is 0. The highest BCUT2D eigenvalue weighted by Gasteiger charge is 2.47. The Morgan fingerprint density at radius 2 is 1.94 bits per heavy atom. The van der Waals surface area contributed by atoms with Crippen LogP contribution in [0.25, 0.3) is 11.0 Å². The molecule has 1 aromatic heterocycles. The zero-order chi connectivity index (χ0) is 25.5. The highest BCUT2D eigenvalue weighted by Crippen LogP contribution is 2.47. The van der Waals surface area contributed by atoms with Crippen LogP contribution in [0.5, 0.6) is 0 Å². The zero-order valence-electron chi connectivity index (χ0n) is 20.8. The van der Waals surface area contributed by atoms with E-state index in [1.54, 1.807) is 4.90 Å². The summed E-state index contributed by atoms with van der Waals surface area (Å²) < 4.78 is 0. The summed E-state index contributed by atoms with van der Waals surface area (Å²) >= 11 is 0. The zero-order valence-corrected chi connectivity index (χ0v) is 20.8. The van der Waals surface area contributed by atoms with Crippen molar-refractivity contribution in [3.8, 4) is 12.1 Å². The molecule has 2 aromatic carbocycles. The van der Waals surface area contributed by atoms with E-state index in [2.05, 4.69) is 28.2 Å². The Bertz CT molecular complexity index is 1280. The van der Waals surface area contributed by atoms with E-state index in [0.717, 1.165) is 79.4 Å². The molecule has 186 valence electrons. The number of carboxylic acid groups (broad SMARTS) is 1. The quantitative estimate of drug-likeness (QED) is 0.401. The second-order valence-corrected chi connectivity index (χ2v) is 9.82. The Labute approximate surface area is 212 Å². The molecule has 0 radical (unpaired) electrons. The van der Waals surface area contributed by atoms with Crippen LogP contribution in [0.15, 0.2) is 42.5 Å². The van der Waals surface area contributed by atoms with Crippen molar-refractivity contribution in [1.82, 2.24) is 14.9 Å². The van der Waals surface area contributed by atoms with Gasteiger partial charge >= 0.3 is 6.09 Å². The topological polar surface area (TPSA) is 117 Å². The summed E-state index contributed by atoms with van der Waals surface area (Å²) in [5, 5.41) is 29.0. The number of hydrogen-bond donors (Lipinski definition) is 2. The van der Waals surface area contributed by atoms with Gasteiger partial charge in [0.25, 0.3) is 0 Å². The number of nitrogens with one attached hydrogen (secondary N) is 1.